The number of hydrogen-bond donors (Lipinski definition) is 1. The maximum Gasteiger partial charge on any atom is 0.234 e. The number of fused-ring (bicyclic) bond motifs is 1. The minimum Gasteiger partial charge on any atom is -0.346 e. The van der Waals surface area contributed by atoms with E-state index in [-0.39, 0.29) is 17.5 Å². The zero-order valence-corrected chi connectivity index (χ0v) is 14.3. The molecule has 0 saturated heterocycles. The van der Waals surface area contributed by atoms with Crippen LogP contribution in [-0.4, -0.2) is 16.2 Å². The van der Waals surface area contributed by atoms with Crippen LogP contribution in [0.5, 0.6) is 0 Å². The molecule has 0 radical (unpaired) electrons. The summed E-state index contributed by atoms with van der Waals surface area (Å²) in [7, 11) is 0. The lowest BCUT2D eigenvalue weighted by Crippen LogP contribution is -2.13. The fraction of sp³-hybridized carbons (Fsp3) is 0.211. The number of aryl methyl sites for hydroxylation is 1. The number of carbonyl (C=O) groups is 1. The van der Waals surface area contributed by atoms with E-state index in [1.165, 1.54) is 29.4 Å². The van der Waals surface area contributed by atoms with Crippen molar-refractivity contribution in [1.29, 1.82) is 0 Å². The van der Waals surface area contributed by atoms with Gasteiger partial charge in [-0.3, -0.25) is 4.79 Å². The van der Waals surface area contributed by atoms with Crippen LogP contribution >= 0.6 is 11.8 Å². The van der Waals surface area contributed by atoms with Crippen LogP contribution < -0.4 is 5.32 Å². The Morgan fingerprint density at radius 3 is 2.83 bits per heavy atom. The van der Waals surface area contributed by atoms with Gasteiger partial charge in [0.25, 0.3) is 0 Å². The summed E-state index contributed by atoms with van der Waals surface area (Å²) in [5.41, 5.74) is 1.67. The molecule has 0 aliphatic carbocycles. The van der Waals surface area contributed by atoms with Gasteiger partial charge in [-0.05, 0) is 30.7 Å². The van der Waals surface area contributed by atoms with Gasteiger partial charge in [-0.1, -0.05) is 31.2 Å². The maximum absolute atomic E-state index is 13.2. The first-order valence-corrected chi connectivity index (χ1v) is 8.92. The predicted octanol–water partition coefficient (Wildman–Crippen LogP) is 4.92. The Bertz CT molecular complexity index is 859. The predicted molar refractivity (Wildman–Crippen MR) is 98.0 cm³/mol. The highest BCUT2D eigenvalue weighted by molar-refractivity contribution is 8.00. The number of amides is 1. The van der Waals surface area contributed by atoms with E-state index in [9.17, 15) is 9.18 Å². The van der Waals surface area contributed by atoms with Crippen molar-refractivity contribution in [3.8, 4) is 0 Å². The number of anilines is 1. The third-order valence-corrected chi connectivity index (χ3v) is 4.73. The molecule has 0 bridgehead atoms. The highest BCUT2D eigenvalue weighted by Gasteiger charge is 2.10. The minimum absolute atomic E-state index is 0.141. The molecule has 1 heterocycles. The largest absolute Gasteiger partial charge is 0.346 e. The van der Waals surface area contributed by atoms with Gasteiger partial charge in [0.15, 0.2) is 0 Å². The number of benzene rings is 2. The van der Waals surface area contributed by atoms with Gasteiger partial charge in [0.1, 0.15) is 5.82 Å². The number of nitrogens with zero attached hydrogens (tertiary/aromatic N) is 1. The van der Waals surface area contributed by atoms with Crippen LogP contribution in [0.15, 0.2) is 59.6 Å². The highest BCUT2D eigenvalue weighted by atomic mass is 32.2. The van der Waals surface area contributed by atoms with E-state index < -0.39 is 0 Å². The number of rotatable bonds is 6. The molecular formula is C19H19FN2OS. The molecular weight excluding hydrogens is 323 g/mol. The van der Waals surface area contributed by atoms with Crippen molar-refractivity contribution in [2.75, 3.05) is 11.1 Å². The fourth-order valence-corrected chi connectivity index (χ4v) is 3.55. The molecule has 0 aliphatic rings. The van der Waals surface area contributed by atoms with Gasteiger partial charge in [0.2, 0.25) is 5.91 Å². The minimum atomic E-state index is -0.358. The van der Waals surface area contributed by atoms with Gasteiger partial charge in [-0.15, -0.1) is 11.8 Å². The highest BCUT2D eigenvalue weighted by Crippen LogP contribution is 2.30. The summed E-state index contributed by atoms with van der Waals surface area (Å²) in [6.07, 6.45) is 3.16. The van der Waals surface area contributed by atoms with E-state index in [0.29, 0.717) is 5.69 Å². The van der Waals surface area contributed by atoms with E-state index in [2.05, 4.69) is 35.1 Å². The van der Waals surface area contributed by atoms with Gasteiger partial charge in [0.05, 0.1) is 5.75 Å². The van der Waals surface area contributed by atoms with Crippen LogP contribution in [0.1, 0.15) is 13.3 Å². The third-order valence-electron chi connectivity index (χ3n) is 3.68. The van der Waals surface area contributed by atoms with Crippen LogP contribution in [0.25, 0.3) is 10.9 Å². The summed E-state index contributed by atoms with van der Waals surface area (Å²) in [5, 5.41) is 3.89. The molecule has 0 unspecified atom stereocenters. The number of halogens is 1. The van der Waals surface area contributed by atoms with E-state index in [1.54, 1.807) is 12.1 Å². The van der Waals surface area contributed by atoms with Gasteiger partial charge >= 0.3 is 0 Å². The first-order valence-electron chi connectivity index (χ1n) is 7.93. The SMILES string of the molecule is CCCn1cc(SCC(=O)Nc2cccc(F)c2)c2ccccc21. The monoisotopic (exact) mass is 342 g/mol. The van der Waals surface area contributed by atoms with Crippen molar-refractivity contribution in [3.63, 3.8) is 0 Å². The first kappa shape index (κ1) is 16.6. The van der Waals surface area contributed by atoms with E-state index in [4.69, 9.17) is 0 Å². The Labute approximate surface area is 144 Å². The second kappa shape index (κ2) is 7.53. The molecule has 124 valence electrons. The molecule has 0 atom stereocenters. The molecule has 3 rings (SSSR count). The summed E-state index contributed by atoms with van der Waals surface area (Å²) < 4.78 is 15.4. The lowest BCUT2D eigenvalue weighted by atomic mass is 10.2. The summed E-state index contributed by atoms with van der Waals surface area (Å²) in [6.45, 7) is 3.10. The number of aromatic nitrogens is 1. The lowest BCUT2D eigenvalue weighted by molar-refractivity contribution is -0.113. The van der Waals surface area contributed by atoms with E-state index >= 15 is 0 Å². The van der Waals surface area contributed by atoms with Crippen LogP contribution in [0, 0.1) is 5.82 Å². The molecule has 1 aromatic heterocycles. The Balaban J connectivity index is 1.70. The number of para-hydroxylation sites is 1. The van der Waals surface area contributed by atoms with Gasteiger partial charge < -0.3 is 9.88 Å². The summed E-state index contributed by atoms with van der Waals surface area (Å²) in [6, 6.07) is 14.1. The summed E-state index contributed by atoms with van der Waals surface area (Å²) in [4.78, 5) is 13.2. The number of nitrogens with one attached hydrogen (secondary N) is 1. The van der Waals surface area contributed by atoms with Crippen LogP contribution in [0.4, 0.5) is 10.1 Å². The smallest absolute Gasteiger partial charge is 0.234 e. The second-order valence-electron chi connectivity index (χ2n) is 5.55. The molecule has 0 aliphatic heterocycles. The summed E-state index contributed by atoms with van der Waals surface area (Å²) >= 11 is 1.50. The Kier molecular flexibility index (Phi) is 5.20. The average Bonchev–Trinajstić information content (AvgIpc) is 2.92. The fourth-order valence-electron chi connectivity index (χ4n) is 2.66. The van der Waals surface area contributed by atoms with Crippen molar-refractivity contribution < 1.29 is 9.18 Å². The molecule has 5 heteroatoms. The van der Waals surface area contributed by atoms with Crippen LogP contribution in [0.3, 0.4) is 0 Å². The normalized spacial score (nSPS) is 10.9. The Morgan fingerprint density at radius 1 is 1.21 bits per heavy atom. The van der Waals surface area contributed by atoms with E-state index in [0.717, 1.165) is 23.2 Å². The van der Waals surface area contributed by atoms with Crippen LogP contribution in [0.2, 0.25) is 0 Å². The van der Waals surface area contributed by atoms with Gasteiger partial charge in [-0.2, -0.15) is 0 Å². The molecule has 0 spiro atoms. The standard InChI is InChI=1S/C19H19FN2OS/c1-2-10-22-12-18(16-8-3-4-9-17(16)22)24-13-19(23)21-15-7-5-6-14(20)11-15/h3-9,11-12H,2,10,13H2,1H3,(H,21,23). The zero-order chi connectivity index (χ0) is 16.9. The first-order chi connectivity index (χ1) is 11.7. The van der Waals surface area contributed by atoms with Crippen molar-refractivity contribution in [2.24, 2.45) is 0 Å². The lowest BCUT2D eigenvalue weighted by Gasteiger charge is -2.04. The second-order valence-corrected chi connectivity index (χ2v) is 6.57. The van der Waals surface area contributed by atoms with E-state index in [1.807, 2.05) is 12.1 Å². The third kappa shape index (κ3) is 3.79. The molecule has 1 N–H and O–H groups in total. The maximum atomic E-state index is 13.2. The average molecular weight is 342 g/mol. The van der Waals surface area contributed by atoms with Crippen molar-refractivity contribution in [1.82, 2.24) is 4.57 Å². The van der Waals surface area contributed by atoms with Crippen molar-refractivity contribution >= 4 is 34.3 Å². The van der Waals surface area contributed by atoms with Crippen molar-refractivity contribution in [3.05, 3.63) is 60.5 Å². The number of hydrogen-bond acceptors (Lipinski definition) is 2. The van der Waals surface area contributed by atoms with Gasteiger partial charge in [0, 0.05) is 34.2 Å². The zero-order valence-electron chi connectivity index (χ0n) is 13.5. The Morgan fingerprint density at radius 2 is 2.04 bits per heavy atom. The molecule has 1 amide bonds. The topological polar surface area (TPSA) is 34.0 Å². The quantitative estimate of drug-likeness (QED) is 0.645. The molecule has 0 saturated carbocycles. The van der Waals surface area contributed by atoms with Gasteiger partial charge in [-0.25, -0.2) is 4.39 Å². The molecule has 3 nitrogen and oxygen atoms in total. The molecule has 3 aromatic rings. The molecule has 0 fully saturated rings. The Hall–Kier alpha value is -2.27. The molecule has 2 aromatic carbocycles. The molecule has 24 heavy (non-hydrogen) atoms. The number of carbonyl (C=O) groups excluding carboxylic acids is 1. The van der Waals surface area contributed by atoms with Crippen molar-refractivity contribution in [2.45, 2.75) is 24.8 Å². The number of thioether (sulfide) groups is 1. The summed E-state index contributed by atoms with van der Waals surface area (Å²) in [5.74, 6) is -0.211. The van der Waals surface area contributed by atoms with Crippen LogP contribution in [-0.2, 0) is 11.3 Å².